The van der Waals surface area contributed by atoms with Crippen LogP contribution in [-0.4, -0.2) is 42.3 Å². The Morgan fingerprint density at radius 3 is 2.27 bits per heavy atom. The van der Waals surface area contributed by atoms with Gasteiger partial charge >= 0.3 is 12.1 Å². The summed E-state index contributed by atoms with van der Waals surface area (Å²) in [6.45, 7) is 5.96. The van der Waals surface area contributed by atoms with Crippen molar-refractivity contribution >= 4 is 18.0 Å². The zero-order chi connectivity index (χ0) is 23.8. The van der Waals surface area contributed by atoms with Gasteiger partial charge < -0.3 is 20.5 Å². The molecule has 1 aliphatic rings. The second-order valence-corrected chi connectivity index (χ2v) is 8.33. The molecule has 7 nitrogen and oxygen atoms in total. The largest absolute Gasteiger partial charge is 0.481 e. The van der Waals surface area contributed by atoms with Gasteiger partial charge in [-0.2, -0.15) is 0 Å². The van der Waals surface area contributed by atoms with Gasteiger partial charge in [0.15, 0.2) is 0 Å². The third kappa shape index (κ3) is 6.22. The highest BCUT2D eigenvalue weighted by atomic mass is 16.5. The molecule has 7 heteroatoms. The smallest absolute Gasteiger partial charge is 0.407 e. The van der Waals surface area contributed by atoms with E-state index in [0.717, 1.165) is 22.3 Å². The van der Waals surface area contributed by atoms with Crippen LogP contribution in [0.3, 0.4) is 0 Å². The van der Waals surface area contributed by atoms with Gasteiger partial charge in [0, 0.05) is 18.9 Å². The van der Waals surface area contributed by atoms with Crippen molar-refractivity contribution in [2.75, 3.05) is 13.2 Å². The standard InChI is InChI=1S/C26H30N2O5/c1-3-8-23(25(31)27-14-13-17(2)15-24(29)30)28-26(32)33-16-22-20-11-6-4-9-18(20)19-10-5-7-12-21(19)22/h3-7,9-12,17,22-23H,1,8,13-16H2,2H3,(H,27,31)(H,28,32)(H,29,30). The van der Waals surface area contributed by atoms with E-state index in [0.29, 0.717) is 13.0 Å². The lowest BCUT2D eigenvalue weighted by Crippen LogP contribution is -2.47. The van der Waals surface area contributed by atoms with Crippen molar-refractivity contribution in [3.05, 3.63) is 72.3 Å². The quantitative estimate of drug-likeness (QED) is 0.447. The third-order valence-corrected chi connectivity index (χ3v) is 5.81. The van der Waals surface area contributed by atoms with E-state index in [1.54, 1.807) is 6.08 Å². The Kier molecular flexibility index (Phi) is 8.24. The van der Waals surface area contributed by atoms with Gasteiger partial charge in [-0.15, -0.1) is 6.58 Å². The van der Waals surface area contributed by atoms with Crippen LogP contribution in [0.1, 0.15) is 43.2 Å². The van der Waals surface area contributed by atoms with Gasteiger partial charge in [-0.25, -0.2) is 4.79 Å². The van der Waals surface area contributed by atoms with E-state index < -0.39 is 18.1 Å². The number of carboxylic acid groups (broad SMARTS) is 1. The Bertz CT molecular complexity index is 974. The van der Waals surface area contributed by atoms with Gasteiger partial charge in [-0.1, -0.05) is 61.5 Å². The molecule has 2 aromatic carbocycles. The highest BCUT2D eigenvalue weighted by Gasteiger charge is 2.29. The molecule has 3 rings (SSSR count). The van der Waals surface area contributed by atoms with Crippen molar-refractivity contribution in [2.45, 2.75) is 38.1 Å². The first-order valence-electron chi connectivity index (χ1n) is 11.1. The monoisotopic (exact) mass is 450 g/mol. The van der Waals surface area contributed by atoms with E-state index in [1.807, 2.05) is 43.3 Å². The lowest BCUT2D eigenvalue weighted by atomic mass is 9.98. The normalized spacial score (nSPS) is 13.8. The number of carbonyl (C=O) groups excluding carboxylic acids is 2. The molecule has 0 spiro atoms. The first kappa shape index (κ1) is 24.0. The highest BCUT2D eigenvalue weighted by Crippen LogP contribution is 2.44. The molecule has 0 radical (unpaired) electrons. The molecule has 0 bridgehead atoms. The van der Waals surface area contributed by atoms with Crippen LogP contribution in [0.4, 0.5) is 4.79 Å². The SMILES string of the molecule is C=CCC(NC(=O)OCC1c2ccccc2-c2ccccc21)C(=O)NCCC(C)CC(=O)O. The number of nitrogens with one attached hydrogen (secondary N) is 2. The molecule has 0 aliphatic heterocycles. The number of aliphatic carboxylic acids is 1. The summed E-state index contributed by atoms with van der Waals surface area (Å²) < 4.78 is 5.52. The third-order valence-electron chi connectivity index (χ3n) is 5.81. The first-order chi connectivity index (χ1) is 15.9. The Labute approximate surface area is 193 Å². The topological polar surface area (TPSA) is 105 Å². The van der Waals surface area contributed by atoms with Crippen LogP contribution in [0.15, 0.2) is 61.2 Å². The van der Waals surface area contributed by atoms with Crippen molar-refractivity contribution in [3.63, 3.8) is 0 Å². The Balaban J connectivity index is 1.54. The minimum absolute atomic E-state index is 0.0456. The van der Waals surface area contributed by atoms with Gasteiger partial charge in [0.1, 0.15) is 12.6 Å². The van der Waals surface area contributed by atoms with Gasteiger partial charge in [0.25, 0.3) is 0 Å². The predicted octanol–water partition coefficient (Wildman–Crippen LogP) is 4.09. The van der Waals surface area contributed by atoms with E-state index >= 15 is 0 Å². The summed E-state index contributed by atoms with van der Waals surface area (Å²) in [5.41, 5.74) is 4.51. The Morgan fingerprint density at radius 2 is 1.70 bits per heavy atom. The van der Waals surface area contributed by atoms with Crippen molar-refractivity contribution in [2.24, 2.45) is 5.92 Å². The molecular weight excluding hydrogens is 420 g/mol. The molecule has 0 saturated heterocycles. The summed E-state index contributed by atoms with van der Waals surface area (Å²) in [5.74, 6) is -1.34. The Hall–Kier alpha value is -3.61. The first-order valence-corrected chi connectivity index (χ1v) is 11.1. The van der Waals surface area contributed by atoms with Crippen molar-refractivity contribution in [1.29, 1.82) is 0 Å². The molecule has 174 valence electrons. The molecule has 0 fully saturated rings. The number of carbonyl (C=O) groups is 3. The zero-order valence-corrected chi connectivity index (χ0v) is 18.8. The van der Waals surface area contributed by atoms with Gasteiger partial charge in [-0.05, 0) is 41.0 Å². The van der Waals surface area contributed by atoms with Crippen LogP contribution in [-0.2, 0) is 14.3 Å². The van der Waals surface area contributed by atoms with Crippen LogP contribution >= 0.6 is 0 Å². The molecule has 3 N–H and O–H groups in total. The van der Waals surface area contributed by atoms with E-state index in [1.165, 1.54) is 0 Å². The molecule has 2 amide bonds. The molecule has 0 saturated carbocycles. The second kappa shape index (κ2) is 11.3. The maximum absolute atomic E-state index is 12.5. The maximum Gasteiger partial charge on any atom is 0.407 e. The number of rotatable bonds is 11. The number of alkyl carbamates (subject to hydrolysis) is 1. The van der Waals surface area contributed by atoms with Crippen LogP contribution in [0.2, 0.25) is 0 Å². The van der Waals surface area contributed by atoms with E-state index in [2.05, 4.69) is 29.3 Å². The number of hydrogen-bond donors (Lipinski definition) is 3. The fourth-order valence-corrected chi connectivity index (χ4v) is 4.15. The summed E-state index contributed by atoms with van der Waals surface area (Å²) in [6.07, 6.45) is 1.72. The molecular formula is C26H30N2O5. The summed E-state index contributed by atoms with van der Waals surface area (Å²) >= 11 is 0. The fourth-order valence-electron chi connectivity index (χ4n) is 4.15. The predicted molar refractivity (Wildman–Crippen MR) is 126 cm³/mol. The summed E-state index contributed by atoms with van der Waals surface area (Å²) in [5, 5.41) is 14.2. The zero-order valence-electron chi connectivity index (χ0n) is 18.8. The number of carboxylic acids is 1. The minimum Gasteiger partial charge on any atom is -0.481 e. The lowest BCUT2D eigenvalue weighted by molar-refractivity contribution is -0.138. The van der Waals surface area contributed by atoms with E-state index in [-0.39, 0.29) is 37.2 Å². The fraction of sp³-hybridized carbons (Fsp3) is 0.346. The molecule has 0 aromatic heterocycles. The molecule has 2 unspecified atom stereocenters. The van der Waals surface area contributed by atoms with Crippen LogP contribution < -0.4 is 10.6 Å². The number of hydrogen-bond acceptors (Lipinski definition) is 4. The van der Waals surface area contributed by atoms with Crippen molar-refractivity contribution < 1.29 is 24.2 Å². The van der Waals surface area contributed by atoms with Crippen LogP contribution in [0.5, 0.6) is 0 Å². The molecule has 0 heterocycles. The van der Waals surface area contributed by atoms with Crippen molar-refractivity contribution in [3.8, 4) is 11.1 Å². The number of fused-ring (bicyclic) bond motifs is 3. The van der Waals surface area contributed by atoms with Crippen molar-refractivity contribution in [1.82, 2.24) is 10.6 Å². The number of amides is 2. The molecule has 2 aromatic rings. The van der Waals surface area contributed by atoms with Gasteiger partial charge in [0.2, 0.25) is 5.91 Å². The number of ether oxygens (including phenoxy) is 1. The Morgan fingerprint density at radius 1 is 1.09 bits per heavy atom. The van der Waals surface area contributed by atoms with E-state index in [9.17, 15) is 14.4 Å². The summed E-state index contributed by atoms with van der Waals surface area (Å²) in [4.78, 5) is 35.8. The van der Waals surface area contributed by atoms with Crippen LogP contribution in [0, 0.1) is 5.92 Å². The maximum atomic E-state index is 12.5. The summed E-state index contributed by atoms with van der Waals surface area (Å²) in [6, 6.07) is 15.3. The number of benzene rings is 2. The molecule has 1 aliphatic carbocycles. The van der Waals surface area contributed by atoms with Gasteiger partial charge in [0.05, 0.1) is 0 Å². The average Bonchev–Trinajstić information content (AvgIpc) is 3.10. The summed E-state index contributed by atoms with van der Waals surface area (Å²) in [7, 11) is 0. The lowest BCUT2D eigenvalue weighted by Gasteiger charge is -2.19. The molecule has 2 atom stereocenters. The van der Waals surface area contributed by atoms with Gasteiger partial charge in [-0.3, -0.25) is 9.59 Å². The highest BCUT2D eigenvalue weighted by molar-refractivity contribution is 5.86. The second-order valence-electron chi connectivity index (χ2n) is 8.33. The van der Waals surface area contributed by atoms with Crippen LogP contribution in [0.25, 0.3) is 11.1 Å². The molecule has 33 heavy (non-hydrogen) atoms. The van der Waals surface area contributed by atoms with E-state index in [4.69, 9.17) is 9.84 Å². The average molecular weight is 451 g/mol. The minimum atomic E-state index is -0.865.